The van der Waals surface area contributed by atoms with E-state index in [4.69, 9.17) is 4.74 Å². The highest BCUT2D eigenvalue weighted by Gasteiger charge is 2.21. The molecule has 0 bridgehead atoms. The molecule has 3 heterocycles. The van der Waals surface area contributed by atoms with E-state index in [1.807, 2.05) is 0 Å². The zero-order valence-electron chi connectivity index (χ0n) is 15.7. The third-order valence-electron chi connectivity index (χ3n) is 5.25. The predicted octanol–water partition coefficient (Wildman–Crippen LogP) is 0.748. The number of aromatic nitrogens is 2. The minimum absolute atomic E-state index is 0.0626. The Kier molecular flexibility index (Phi) is 5.72. The molecule has 28 heavy (non-hydrogen) atoms. The van der Waals surface area contributed by atoms with E-state index >= 15 is 0 Å². The van der Waals surface area contributed by atoms with Gasteiger partial charge in [0.15, 0.2) is 0 Å². The molecular formula is C19H24N4O4S. The zero-order chi connectivity index (χ0) is 19.5. The van der Waals surface area contributed by atoms with Crippen molar-refractivity contribution in [2.45, 2.75) is 51.2 Å². The van der Waals surface area contributed by atoms with Gasteiger partial charge in [0, 0.05) is 18.0 Å². The lowest BCUT2D eigenvalue weighted by Crippen LogP contribution is -2.41. The van der Waals surface area contributed by atoms with Crippen LogP contribution in [0.5, 0.6) is 0 Å². The lowest BCUT2D eigenvalue weighted by Gasteiger charge is -2.12. The SMILES string of the molecule is O=C(CNC(=O)Cn1cnc2sc3c(c2c1=O)CCCC3)NC[C@H]1CCCO1. The minimum atomic E-state index is -0.389. The maximum absolute atomic E-state index is 12.8. The average Bonchev–Trinajstić information content (AvgIpc) is 3.34. The number of hydrogen-bond donors (Lipinski definition) is 2. The molecule has 0 saturated carbocycles. The van der Waals surface area contributed by atoms with Crippen LogP contribution < -0.4 is 16.2 Å². The quantitative estimate of drug-likeness (QED) is 0.740. The Morgan fingerprint density at radius 2 is 2.07 bits per heavy atom. The molecule has 2 amide bonds. The Hall–Kier alpha value is -2.26. The van der Waals surface area contributed by atoms with Gasteiger partial charge in [-0.15, -0.1) is 11.3 Å². The number of aryl methyl sites for hydroxylation is 2. The minimum Gasteiger partial charge on any atom is -0.376 e. The summed E-state index contributed by atoms with van der Waals surface area (Å²) in [5, 5.41) is 5.97. The third-order valence-corrected chi connectivity index (χ3v) is 6.45. The molecule has 2 N–H and O–H groups in total. The van der Waals surface area contributed by atoms with Crippen LogP contribution in [0.3, 0.4) is 0 Å². The number of ether oxygens (including phenoxy) is 1. The molecule has 0 spiro atoms. The van der Waals surface area contributed by atoms with Crippen molar-refractivity contribution in [2.24, 2.45) is 0 Å². The van der Waals surface area contributed by atoms with Crippen molar-refractivity contribution in [2.75, 3.05) is 19.7 Å². The first-order chi connectivity index (χ1) is 13.6. The summed E-state index contributed by atoms with van der Waals surface area (Å²) in [7, 11) is 0. The van der Waals surface area contributed by atoms with Crippen molar-refractivity contribution in [3.63, 3.8) is 0 Å². The number of thiophene rings is 1. The number of nitrogens with zero attached hydrogens (tertiary/aromatic N) is 2. The van der Waals surface area contributed by atoms with Crippen LogP contribution in [-0.2, 0) is 33.7 Å². The molecule has 1 atom stereocenters. The number of amides is 2. The Labute approximate surface area is 166 Å². The molecule has 1 aliphatic carbocycles. The number of hydrogen-bond acceptors (Lipinski definition) is 6. The number of rotatable bonds is 6. The fraction of sp³-hybridized carbons (Fsp3) is 0.579. The van der Waals surface area contributed by atoms with Crippen molar-refractivity contribution >= 4 is 33.4 Å². The summed E-state index contributed by atoms with van der Waals surface area (Å²) in [5.41, 5.74) is 0.925. The zero-order valence-corrected chi connectivity index (χ0v) is 16.5. The summed E-state index contributed by atoms with van der Waals surface area (Å²) < 4.78 is 6.77. The van der Waals surface area contributed by atoms with Crippen LogP contribution in [0.4, 0.5) is 0 Å². The highest BCUT2D eigenvalue weighted by Crippen LogP contribution is 2.33. The number of fused-ring (bicyclic) bond motifs is 3. The third kappa shape index (κ3) is 4.10. The van der Waals surface area contributed by atoms with Gasteiger partial charge in [-0.05, 0) is 44.1 Å². The molecule has 0 aromatic carbocycles. The highest BCUT2D eigenvalue weighted by molar-refractivity contribution is 7.18. The van der Waals surface area contributed by atoms with Crippen molar-refractivity contribution in [3.05, 3.63) is 27.1 Å². The van der Waals surface area contributed by atoms with E-state index in [2.05, 4.69) is 15.6 Å². The maximum Gasteiger partial charge on any atom is 0.262 e. The first-order valence-corrected chi connectivity index (χ1v) is 10.6. The second-order valence-electron chi connectivity index (χ2n) is 7.28. The molecule has 2 aromatic heterocycles. The van der Waals surface area contributed by atoms with E-state index in [0.717, 1.165) is 55.5 Å². The average molecular weight is 404 g/mol. The summed E-state index contributed by atoms with van der Waals surface area (Å²) in [4.78, 5) is 43.3. The van der Waals surface area contributed by atoms with Gasteiger partial charge in [0.05, 0.1) is 24.4 Å². The van der Waals surface area contributed by atoms with Gasteiger partial charge in [0.25, 0.3) is 5.56 Å². The second kappa shape index (κ2) is 8.40. The molecular weight excluding hydrogens is 380 g/mol. The Balaban J connectivity index is 1.35. The van der Waals surface area contributed by atoms with E-state index in [0.29, 0.717) is 11.9 Å². The summed E-state index contributed by atoms with van der Waals surface area (Å²) in [6.07, 6.45) is 7.55. The van der Waals surface area contributed by atoms with Crippen molar-refractivity contribution in [1.82, 2.24) is 20.2 Å². The van der Waals surface area contributed by atoms with E-state index in [1.165, 1.54) is 15.8 Å². The van der Waals surface area contributed by atoms with Gasteiger partial charge in [-0.2, -0.15) is 0 Å². The van der Waals surface area contributed by atoms with E-state index in [9.17, 15) is 14.4 Å². The fourth-order valence-electron chi connectivity index (χ4n) is 3.78. The number of carbonyl (C=O) groups excluding carboxylic acids is 2. The van der Waals surface area contributed by atoms with Crippen LogP contribution in [0.2, 0.25) is 0 Å². The van der Waals surface area contributed by atoms with Crippen LogP contribution in [0.25, 0.3) is 10.2 Å². The van der Waals surface area contributed by atoms with Gasteiger partial charge in [0.1, 0.15) is 11.4 Å². The molecule has 150 valence electrons. The van der Waals surface area contributed by atoms with Gasteiger partial charge in [-0.1, -0.05) is 0 Å². The van der Waals surface area contributed by atoms with Crippen LogP contribution in [0.1, 0.15) is 36.1 Å². The van der Waals surface area contributed by atoms with Gasteiger partial charge < -0.3 is 15.4 Å². The molecule has 1 aliphatic heterocycles. The number of nitrogens with one attached hydrogen (secondary N) is 2. The molecule has 1 fully saturated rings. The lowest BCUT2D eigenvalue weighted by atomic mass is 9.97. The van der Waals surface area contributed by atoms with Crippen molar-refractivity contribution in [1.29, 1.82) is 0 Å². The van der Waals surface area contributed by atoms with Crippen LogP contribution in [-0.4, -0.2) is 47.2 Å². The van der Waals surface area contributed by atoms with Crippen molar-refractivity contribution < 1.29 is 14.3 Å². The highest BCUT2D eigenvalue weighted by atomic mass is 32.1. The lowest BCUT2D eigenvalue weighted by molar-refractivity contribution is -0.126. The fourth-order valence-corrected chi connectivity index (χ4v) is 5.00. The summed E-state index contributed by atoms with van der Waals surface area (Å²) >= 11 is 1.58. The monoisotopic (exact) mass is 404 g/mol. The predicted molar refractivity (Wildman–Crippen MR) is 106 cm³/mol. The topological polar surface area (TPSA) is 102 Å². The normalized spacial score (nSPS) is 18.8. The van der Waals surface area contributed by atoms with Crippen LogP contribution >= 0.6 is 11.3 Å². The van der Waals surface area contributed by atoms with Gasteiger partial charge >= 0.3 is 0 Å². The maximum atomic E-state index is 12.8. The molecule has 0 unspecified atom stereocenters. The molecule has 1 saturated heterocycles. The van der Waals surface area contributed by atoms with E-state index in [1.54, 1.807) is 11.3 Å². The Morgan fingerprint density at radius 1 is 1.21 bits per heavy atom. The largest absolute Gasteiger partial charge is 0.376 e. The first-order valence-electron chi connectivity index (χ1n) is 9.76. The molecule has 2 aliphatic rings. The van der Waals surface area contributed by atoms with Gasteiger partial charge in [-0.3, -0.25) is 19.0 Å². The van der Waals surface area contributed by atoms with Crippen LogP contribution in [0, 0.1) is 0 Å². The second-order valence-corrected chi connectivity index (χ2v) is 8.37. The first kappa shape index (κ1) is 19.1. The molecule has 9 heteroatoms. The van der Waals surface area contributed by atoms with E-state index in [-0.39, 0.29) is 36.6 Å². The van der Waals surface area contributed by atoms with Gasteiger partial charge in [-0.25, -0.2) is 4.98 Å². The molecule has 0 radical (unpaired) electrons. The van der Waals surface area contributed by atoms with Gasteiger partial charge in [0.2, 0.25) is 11.8 Å². The molecule has 2 aromatic rings. The summed E-state index contributed by atoms with van der Waals surface area (Å²) in [6, 6.07) is 0. The standard InChI is InChI=1S/C19H24N4O4S/c24-15(20-8-12-4-3-7-27-12)9-21-16(25)10-23-11-22-18-17(19(23)26)13-5-1-2-6-14(13)28-18/h11-12H,1-10H2,(H,20,24)(H,21,25)/t12-/m1/s1. The van der Waals surface area contributed by atoms with E-state index < -0.39 is 0 Å². The summed E-state index contributed by atoms with van der Waals surface area (Å²) in [5.74, 6) is -0.656. The summed E-state index contributed by atoms with van der Waals surface area (Å²) in [6.45, 7) is 0.922. The smallest absolute Gasteiger partial charge is 0.262 e. The Morgan fingerprint density at radius 3 is 2.89 bits per heavy atom. The number of carbonyl (C=O) groups is 2. The molecule has 4 rings (SSSR count). The van der Waals surface area contributed by atoms with Crippen LogP contribution in [0.15, 0.2) is 11.1 Å². The molecule has 8 nitrogen and oxygen atoms in total. The Bertz CT molecular complexity index is 945. The van der Waals surface area contributed by atoms with Crippen molar-refractivity contribution in [3.8, 4) is 0 Å².